The van der Waals surface area contributed by atoms with Crippen LogP contribution >= 0.6 is 23.2 Å². The lowest BCUT2D eigenvalue weighted by Crippen LogP contribution is -2.21. The second-order valence-corrected chi connectivity index (χ2v) is 6.00. The molecule has 0 bridgehead atoms. The molecule has 0 aromatic heterocycles. The van der Waals surface area contributed by atoms with Crippen molar-refractivity contribution in [1.29, 1.82) is 0 Å². The summed E-state index contributed by atoms with van der Waals surface area (Å²) in [5, 5.41) is 21.0. The second kappa shape index (κ2) is 8.18. The van der Waals surface area contributed by atoms with Gasteiger partial charge in [-0.1, -0.05) is 23.2 Å². The molecule has 0 saturated carbocycles. The number of nitro groups is 1. The molecule has 0 heterocycles. The molecule has 1 N–H and O–H groups in total. The molecule has 0 atom stereocenters. The van der Waals surface area contributed by atoms with Crippen LogP contribution in [0.25, 0.3) is 0 Å². The Labute approximate surface area is 155 Å². The number of rotatable bonds is 6. The average molecular weight is 382 g/mol. The Bertz CT molecular complexity index is 798. The van der Waals surface area contributed by atoms with Crippen LogP contribution in [-0.2, 0) is 0 Å². The zero-order valence-corrected chi connectivity index (χ0v) is 15.3. The van der Waals surface area contributed by atoms with Crippen LogP contribution in [-0.4, -0.2) is 29.3 Å². The Balaban J connectivity index is 2.39. The zero-order valence-electron chi connectivity index (χ0n) is 13.7. The van der Waals surface area contributed by atoms with Crippen molar-refractivity contribution >= 4 is 46.5 Å². The number of phenols is 1. The van der Waals surface area contributed by atoms with E-state index in [-0.39, 0.29) is 27.2 Å². The Hall–Kier alpha value is -2.31. The number of hydrogen-bond donors (Lipinski definition) is 1. The lowest BCUT2D eigenvalue weighted by atomic mass is 10.1. The highest BCUT2D eigenvalue weighted by Gasteiger charge is 2.14. The van der Waals surface area contributed by atoms with E-state index in [2.05, 4.69) is 9.89 Å². The quantitative estimate of drug-likeness (QED) is 0.423. The molecule has 25 heavy (non-hydrogen) atoms. The molecule has 0 radical (unpaired) electrons. The molecular weight excluding hydrogens is 365 g/mol. The van der Waals surface area contributed by atoms with E-state index in [0.29, 0.717) is 5.56 Å². The lowest BCUT2D eigenvalue weighted by Gasteiger charge is -2.21. The number of hydrogen-bond acceptors (Lipinski definition) is 5. The van der Waals surface area contributed by atoms with Gasteiger partial charge in [0.15, 0.2) is 0 Å². The van der Waals surface area contributed by atoms with E-state index in [1.165, 1.54) is 18.3 Å². The SMILES string of the molecule is CCN(CC)c1ccc(O)c(C=Nc2c(Cl)cc([N+](=O)[O-])cc2Cl)c1. The van der Waals surface area contributed by atoms with Gasteiger partial charge in [-0.05, 0) is 32.0 Å². The van der Waals surface area contributed by atoms with Crippen molar-refractivity contribution in [3.05, 3.63) is 56.1 Å². The topological polar surface area (TPSA) is 79.0 Å². The third-order valence-electron chi connectivity index (χ3n) is 3.68. The number of halogens is 2. The summed E-state index contributed by atoms with van der Waals surface area (Å²) in [6.07, 6.45) is 1.43. The number of aliphatic imine (C=N–C) groups is 1. The van der Waals surface area contributed by atoms with Crippen LogP contribution < -0.4 is 4.90 Å². The summed E-state index contributed by atoms with van der Waals surface area (Å²) >= 11 is 12.1. The van der Waals surface area contributed by atoms with E-state index in [1.54, 1.807) is 12.1 Å². The van der Waals surface area contributed by atoms with Crippen molar-refractivity contribution in [1.82, 2.24) is 0 Å². The zero-order chi connectivity index (χ0) is 18.6. The number of aromatic hydroxyl groups is 1. The van der Waals surface area contributed by atoms with E-state index >= 15 is 0 Å². The lowest BCUT2D eigenvalue weighted by molar-refractivity contribution is -0.384. The predicted molar refractivity (Wildman–Crippen MR) is 102 cm³/mol. The number of nitrogens with zero attached hydrogens (tertiary/aromatic N) is 3. The van der Waals surface area contributed by atoms with Crippen LogP contribution in [0, 0.1) is 10.1 Å². The molecule has 6 nitrogen and oxygen atoms in total. The van der Waals surface area contributed by atoms with Gasteiger partial charge in [0.25, 0.3) is 5.69 Å². The fraction of sp³-hybridized carbons (Fsp3) is 0.235. The predicted octanol–water partition coefficient (Wildman–Crippen LogP) is 5.20. The fourth-order valence-corrected chi connectivity index (χ4v) is 2.92. The van der Waals surface area contributed by atoms with Crippen molar-refractivity contribution in [2.24, 2.45) is 4.99 Å². The number of nitro benzene ring substituents is 1. The van der Waals surface area contributed by atoms with Gasteiger partial charge in [-0.15, -0.1) is 0 Å². The van der Waals surface area contributed by atoms with E-state index in [1.807, 2.05) is 19.9 Å². The van der Waals surface area contributed by atoms with Crippen molar-refractivity contribution in [2.75, 3.05) is 18.0 Å². The van der Waals surface area contributed by atoms with Gasteiger partial charge in [-0.2, -0.15) is 0 Å². The first kappa shape index (κ1) is 19.0. The van der Waals surface area contributed by atoms with Crippen LogP contribution in [0.1, 0.15) is 19.4 Å². The van der Waals surface area contributed by atoms with Gasteiger partial charge in [0.1, 0.15) is 11.4 Å². The molecule has 0 unspecified atom stereocenters. The Morgan fingerprint density at radius 3 is 2.32 bits per heavy atom. The first-order chi connectivity index (χ1) is 11.9. The molecule has 132 valence electrons. The van der Waals surface area contributed by atoms with Crippen LogP contribution in [0.5, 0.6) is 5.75 Å². The van der Waals surface area contributed by atoms with Gasteiger partial charge in [-0.25, -0.2) is 0 Å². The summed E-state index contributed by atoms with van der Waals surface area (Å²) in [6, 6.07) is 7.59. The molecule has 0 saturated heterocycles. The summed E-state index contributed by atoms with van der Waals surface area (Å²) in [5.41, 5.74) is 1.45. The second-order valence-electron chi connectivity index (χ2n) is 5.19. The summed E-state index contributed by atoms with van der Waals surface area (Å²) in [7, 11) is 0. The first-order valence-electron chi connectivity index (χ1n) is 7.62. The van der Waals surface area contributed by atoms with E-state index < -0.39 is 4.92 Å². The molecule has 0 amide bonds. The summed E-state index contributed by atoms with van der Waals surface area (Å²) in [5.74, 6) is 0.0637. The van der Waals surface area contributed by atoms with Crippen molar-refractivity contribution in [2.45, 2.75) is 13.8 Å². The third-order valence-corrected chi connectivity index (χ3v) is 4.26. The number of anilines is 1. The summed E-state index contributed by atoms with van der Waals surface area (Å²) in [6.45, 7) is 5.75. The van der Waals surface area contributed by atoms with Gasteiger partial charge in [0.2, 0.25) is 0 Å². The normalized spacial score (nSPS) is 11.0. The van der Waals surface area contributed by atoms with Crippen LogP contribution in [0.4, 0.5) is 17.1 Å². The number of non-ortho nitro benzene ring substituents is 1. The minimum atomic E-state index is -0.579. The molecule has 0 spiro atoms. The van der Waals surface area contributed by atoms with Crippen LogP contribution in [0.15, 0.2) is 35.3 Å². The summed E-state index contributed by atoms with van der Waals surface area (Å²) in [4.78, 5) is 16.6. The van der Waals surface area contributed by atoms with Gasteiger partial charge in [0.05, 0.1) is 15.0 Å². The number of benzene rings is 2. The molecule has 2 rings (SSSR count). The summed E-state index contributed by atoms with van der Waals surface area (Å²) < 4.78 is 0. The monoisotopic (exact) mass is 381 g/mol. The smallest absolute Gasteiger partial charge is 0.272 e. The molecule has 0 aliphatic carbocycles. The highest BCUT2D eigenvalue weighted by molar-refractivity contribution is 6.39. The van der Waals surface area contributed by atoms with Crippen molar-refractivity contribution in [3.63, 3.8) is 0 Å². The molecule has 0 aliphatic rings. The average Bonchev–Trinajstić information content (AvgIpc) is 2.57. The minimum Gasteiger partial charge on any atom is -0.507 e. The van der Waals surface area contributed by atoms with E-state index in [4.69, 9.17) is 23.2 Å². The van der Waals surface area contributed by atoms with E-state index in [9.17, 15) is 15.2 Å². The molecule has 2 aromatic rings. The highest BCUT2D eigenvalue weighted by Crippen LogP contribution is 2.37. The van der Waals surface area contributed by atoms with Gasteiger partial charge in [-0.3, -0.25) is 15.1 Å². The highest BCUT2D eigenvalue weighted by atomic mass is 35.5. The van der Waals surface area contributed by atoms with Crippen molar-refractivity contribution in [3.8, 4) is 5.75 Å². The molecule has 0 fully saturated rings. The molecule has 8 heteroatoms. The number of phenolic OH excluding ortho intramolecular Hbond substituents is 1. The molecule has 0 aliphatic heterocycles. The van der Waals surface area contributed by atoms with Crippen LogP contribution in [0.2, 0.25) is 10.0 Å². The van der Waals surface area contributed by atoms with Crippen LogP contribution in [0.3, 0.4) is 0 Å². The largest absolute Gasteiger partial charge is 0.507 e. The van der Waals surface area contributed by atoms with Gasteiger partial charge >= 0.3 is 0 Å². The van der Waals surface area contributed by atoms with E-state index in [0.717, 1.165) is 18.8 Å². The van der Waals surface area contributed by atoms with Gasteiger partial charge in [0, 0.05) is 42.7 Å². The standard InChI is InChI=1S/C17H17Cl2N3O3/c1-3-21(4-2)12-5-6-16(23)11(7-12)10-20-17-14(18)8-13(22(24)25)9-15(17)19/h5-10,23H,3-4H2,1-2H3. The maximum absolute atomic E-state index is 10.8. The Morgan fingerprint density at radius 1 is 1.20 bits per heavy atom. The molecular formula is C17H17Cl2N3O3. The fourth-order valence-electron chi connectivity index (χ4n) is 2.35. The molecule has 2 aromatic carbocycles. The maximum Gasteiger partial charge on any atom is 0.272 e. The minimum absolute atomic E-state index is 0.0637. The third kappa shape index (κ3) is 4.41. The maximum atomic E-state index is 10.8. The first-order valence-corrected chi connectivity index (χ1v) is 8.38. The van der Waals surface area contributed by atoms with Crippen molar-refractivity contribution < 1.29 is 10.0 Å². The Kier molecular flexibility index (Phi) is 6.22. The Morgan fingerprint density at radius 2 is 1.80 bits per heavy atom. The van der Waals surface area contributed by atoms with Gasteiger partial charge < -0.3 is 10.0 Å².